The number of hydrogen-bond donors (Lipinski definition) is 1. The minimum absolute atomic E-state index is 0.0826. The number of nitrogens with two attached hydrogens (primary N) is 1. The number of piperidine rings is 1. The van der Waals surface area contributed by atoms with E-state index in [4.69, 9.17) is 5.73 Å². The molecule has 0 aromatic rings. The summed E-state index contributed by atoms with van der Waals surface area (Å²) in [7, 11) is 0. The van der Waals surface area contributed by atoms with Crippen LogP contribution in [0.1, 0.15) is 39.0 Å². The van der Waals surface area contributed by atoms with E-state index in [2.05, 4.69) is 11.8 Å². The summed E-state index contributed by atoms with van der Waals surface area (Å²) in [5.74, 6) is -0.607. The molecule has 0 amide bonds. The number of likely N-dealkylation sites (tertiary alicyclic amines) is 1. The molecule has 0 bridgehead atoms. The van der Waals surface area contributed by atoms with Crippen LogP contribution in [-0.4, -0.2) is 36.2 Å². The van der Waals surface area contributed by atoms with Crippen molar-refractivity contribution in [2.45, 2.75) is 57.3 Å². The van der Waals surface area contributed by atoms with Crippen LogP contribution >= 0.6 is 0 Å². The van der Waals surface area contributed by atoms with Crippen molar-refractivity contribution < 1.29 is 13.2 Å². The topological polar surface area (TPSA) is 29.3 Å². The molecule has 0 aromatic carbocycles. The maximum absolute atomic E-state index is 12.8. The minimum atomic E-state index is -4.03. The van der Waals surface area contributed by atoms with Crippen molar-refractivity contribution in [3.8, 4) is 0 Å². The molecule has 1 aliphatic heterocycles. The van der Waals surface area contributed by atoms with Crippen LogP contribution < -0.4 is 5.73 Å². The molecule has 2 rings (SSSR count). The summed E-state index contributed by atoms with van der Waals surface area (Å²) in [6, 6.07) is 0.208. The van der Waals surface area contributed by atoms with Crippen molar-refractivity contribution >= 4 is 0 Å². The van der Waals surface area contributed by atoms with E-state index in [0.29, 0.717) is 18.8 Å². The van der Waals surface area contributed by atoms with E-state index < -0.39 is 12.1 Å². The fraction of sp³-hybridized carbons (Fsp3) is 1.00. The highest BCUT2D eigenvalue weighted by Gasteiger charge is 2.43. The van der Waals surface area contributed by atoms with Gasteiger partial charge in [-0.15, -0.1) is 0 Å². The lowest BCUT2D eigenvalue weighted by Crippen LogP contribution is -2.52. The van der Waals surface area contributed by atoms with Crippen LogP contribution in [0.3, 0.4) is 0 Å². The summed E-state index contributed by atoms with van der Waals surface area (Å²) in [6.45, 7) is 3.80. The van der Waals surface area contributed by atoms with E-state index in [9.17, 15) is 13.2 Å². The van der Waals surface area contributed by atoms with Gasteiger partial charge in [0.25, 0.3) is 0 Å². The SMILES string of the molecule is CC1CC(N)CN(C2CCCC(C(F)(F)F)C2)C1. The Kier molecular flexibility index (Phi) is 4.22. The maximum Gasteiger partial charge on any atom is 0.391 e. The van der Waals surface area contributed by atoms with E-state index in [1.807, 2.05) is 0 Å². The van der Waals surface area contributed by atoms with Crippen LogP contribution in [0.2, 0.25) is 0 Å². The molecule has 1 aliphatic carbocycles. The van der Waals surface area contributed by atoms with Gasteiger partial charge in [0.15, 0.2) is 0 Å². The van der Waals surface area contributed by atoms with Gasteiger partial charge >= 0.3 is 6.18 Å². The molecule has 18 heavy (non-hydrogen) atoms. The van der Waals surface area contributed by atoms with E-state index in [1.54, 1.807) is 0 Å². The van der Waals surface area contributed by atoms with Gasteiger partial charge in [-0.1, -0.05) is 13.3 Å². The molecular weight excluding hydrogens is 241 g/mol. The number of halogens is 3. The van der Waals surface area contributed by atoms with E-state index in [0.717, 1.165) is 25.9 Å². The number of alkyl halides is 3. The Morgan fingerprint density at radius 1 is 1.11 bits per heavy atom. The Balaban J connectivity index is 1.96. The third kappa shape index (κ3) is 3.38. The molecule has 2 fully saturated rings. The molecule has 106 valence electrons. The first kappa shape index (κ1) is 14.1. The minimum Gasteiger partial charge on any atom is -0.327 e. The van der Waals surface area contributed by atoms with Gasteiger partial charge in [-0.05, 0) is 31.6 Å². The van der Waals surface area contributed by atoms with Gasteiger partial charge in [0.05, 0.1) is 5.92 Å². The number of hydrogen-bond acceptors (Lipinski definition) is 2. The molecule has 1 saturated carbocycles. The van der Waals surface area contributed by atoms with Crippen molar-refractivity contribution in [3.05, 3.63) is 0 Å². The Morgan fingerprint density at radius 2 is 1.83 bits per heavy atom. The Bertz CT molecular complexity index is 270. The van der Waals surface area contributed by atoms with Gasteiger partial charge < -0.3 is 5.73 Å². The Morgan fingerprint density at radius 3 is 2.44 bits per heavy atom. The third-order valence-electron chi connectivity index (χ3n) is 4.35. The van der Waals surface area contributed by atoms with Crippen LogP contribution in [0.25, 0.3) is 0 Å². The summed E-state index contributed by atoms with van der Waals surface area (Å²) < 4.78 is 38.4. The average molecular weight is 264 g/mol. The fourth-order valence-electron chi connectivity index (χ4n) is 3.53. The maximum atomic E-state index is 12.8. The normalized spacial score (nSPS) is 39.8. The van der Waals surface area contributed by atoms with Crippen LogP contribution in [0.15, 0.2) is 0 Å². The van der Waals surface area contributed by atoms with Crippen LogP contribution in [0.5, 0.6) is 0 Å². The van der Waals surface area contributed by atoms with Crippen molar-refractivity contribution in [2.24, 2.45) is 17.6 Å². The molecule has 1 saturated heterocycles. The fourth-order valence-corrected chi connectivity index (χ4v) is 3.53. The molecule has 0 spiro atoms. The summed E-state index contributed by atoms with van der Waals surface area (Å²) in [6.07, 6.45) is -0.881. The summed E-state index contributed by atoms with van der Waals surface area (Å²) in [4.78, 5) is 2.21. The van der Waals surface area contributed by atoms with Gasteiger partial charge in [0.2, 0.25) is 0 Å². The quantitative estimate of drug-likeness (QED) is 0.789. The first-order valence-electron chi connectivity index (χ1n) is 6.92. The third-order valence-corrected chi connectivity index (χ3v) is 4.35. The summed E-state index contributed by atoms with van der Waals surface area (Å²) >= 11 is 0. The molecule has 0 radical (unpaired) electrons. The van der Waals surface area contributed by atoms with Gasteiger partial charge in [-0.3, -0.25) is 4.90 Å². The molecule has 4 unspecified atom stereocenters. The molecule has 4 atom stereocenters. The first-order valence-corrected chi connectivity index (χ1v) is 6.92. The van der Waals surface area contributed by atoms with Crippen molar-refractivity contribution in [3.63, 3.8) is 0 Å². The second kappa shape index (κ2) is 5.37. The molecule has 5 heteroatoms. The zero-order chi connectivity index (χ0) is 13.3. The van der Waals surface area contributed by atoms with Crippen LogP contribution in [0.4, 0.5) is 13.2 Å². The molecule has 2 aliphatic rings. The lowest BCUT2D eigenvalue weighted by Gasteiger charge is -2.43. The molecular formula is C13H23F3N2. The van der Waals surface area contributed by atoms with Gasteiger partial charge in [0, 0.05) is 25.2 Å². The van der Waals surface area contributed by atoms with E-state index in [1.165, 1.54) is 0 Å². The van der Waals surface area contributed by atoms with Crippen molar-refractivity contribution in [1.82, 2.24) is 4.90 Å². The van der Waals surface area contributed by atoms with Gasteiger partial charge in [-0.2, -0.15) is 13.2 Å². The molecule has 2 N–H and O–H groups in total. The zero-order valence-electron chi connectivity index (χ0n) is 10.9. The summed E-state index contributed by atoms with van der Waals surface area (Å²) in [5, 5.41) is 0. The second-order valence-corrected chi connectivity index (χ2v) is 6.11. The predicted octanol–water partition coefficient (Wildman–Crippen LogP) is 2.78. The van der Waals surface area contributed by atoms with Crippen LogP contribution in [-0.2, 0) is 0 Å². The monoisotopic (exact) mass is 264 g/mol. The predicted molar refractivity (Wildman–Crippen MR) is 65.1 cm³/mol. The molecule has 2 nitrogen and oxygen atoms in total. The Hall–Kier alpha value is -0.290. The largest absolute Gasteiger partial charge is 0.391 e. The molecule has 1 heterocycles. The highest BCUT2D eigenvalue weighted by atomic mass is 19.4. The van der Waals surface area contributed by atoms with Crippen LogP contribution in [0, 0.1) is 11.8 Å². The standard InChI is InChI=1S/C13H23F3N2/c1-9-5-11(17)8-18(7-9)12-4-2-3-10(6-12)13(14,15)16/h9-12H,2-8,17H2,1H3. The average Bonchev–Trinajstić information content (AvgIpc) is 2.27. The lowest BCUT2D eigenvalue weighted by atomic mass is 9.83. The summed E-state index contributed by atoms with van der Waals surface area (Å²) in [5.41, 5.74) is 5.98. The first-order chi connectivity index (χ1) is 8.36. The number of nitrogens with zero attached hydrogens (tertiary/aromatic N) is 1. The van der Waals surface area contributed by atoms with Crippen molar-refractivity contribution in [2.75, 3.05) is 13.1 Å². The van der Waals surface area contributed by atoms with E-state index in [-0.39, 0.29) is 18.5 Å². The smallest absolute Gasteiger partial charge is 0.327 e. The molecule has 0 aromatic heterocycles. The zero-order valence-corrected chi connectivity index (χ0v) is 10.9. The van der Waals surface area contributed by atoms with Gasteiger partial charge in [-0.25, -0.2) is 0 Å². The highest BCUT2D eigenvalue weighted by molar-refractivity contribution is 4.88. The van der Waals surface area contributed by atoms with Gasteiger partial charge in [0.1, 0.15) is 0 Å². The second-order valence-electron chi connectivity index (χ2n) is 6.11. The Labute approximate surface area is 107 Å². The van der Waals surface area contributed by atoms with E-state index >= 15 is 0 Å². The van der Waals surface area contributed by atoms with Crippen molar-refractivity contribution in [1.29, 1.82) is 0 Å². The number of rotatable bonds is 1. The lowest BCUT2D eigenvalue weighted by molar-refractivity contribution is -0.187. The highest BCUT2D eigenvalue weighted by Crippen LogP contribution is 2.39.